The third-order valence-electron chi connectivity index (χ3n) is 3.06. The number of carbonyl (C=O) groups excluding carboxylic acids is 1. The lowest BCUT2D eigenvalue weighted by molar-refractivity contribution is -0.131. The normalized spacial score (nSPS) is 16.0. The molecule has 0 aromatic heterocycles. The lowest BCUT2D eigenvalue weighted by Crippen LogP contribution is -2.02. The van der Waals surface area contributed by atoms with Crippen LogP contribution in [0.1, 0.15) is 11.1 Å². The highest BCUT2D eigenvalue weighted by Crippen LogP contribution is 2.30. The zero-order valence-electron chi connectivity index (χ0n) is 10.8. The van der Waals surface area contributed by atoms with Crippen LogP contribution in [0.5, 0.6) is 0 Å². The van der Waals surface area contributed by atoms with Gasteiger partial charge in [-0.1, -0.05) is 36.4 Å². The highest BCUT2D eigenvalue weighted by atomic mass is 19.1. The molecule has 1 aliphatic heterocycles. The minimum Gasteiger partial charge on any atom is -0.423 e. The molecule has 0 saturated heterocycles. The number of cyclic esters (lactones) is 1. The maximum atomic E-state index is 13.7. The molecule has 2 aromatic rings. The number of hydrogen-bond donors (Lipinski definition) is 0. The topological polar surface area (TPSA) is 26.3 Å². The molecule has 1 aliphatic rings. The van der Waals surface area contributed by atoms with Crippen LogP contribution in [0.3, 0.4) is 0 Å². The molecule has 0 bridgehead atoms. The Hall–Kier alpha value is -2.75. The van der Waals surface area contributed by atoms with E-state index in [0.717, 1.165) is 17.7 Å². The molecule has 0 unspecified atom stereocenters. The van der Waals surface area contributed by atoms with E-state index >= 15 is 0 Å². The molecule has 104 valence electrons. The van der Waals surface area contributed by atoms with Gasteiger partial charge in [-0.3, -0.25) is 0 Å². The first-order valence-electron chi connectivity index (χ1n) is 6.30. The Balaban J connectivity index is 2.02. The van der Waals surface area contributed by atoms with Gasteiger partial charge in [0.15, 0.2) is 0 Å². The largest absolute Gasteiger partial charge is 0.423 e. The number of allylic oxidation sites excluding steroid dienone is 1. The Morgan fingerprint density at radius 3 is 2.24 bits per heavy atom. The van der Waals surface area contributed by atoms with Crippen molar-refractivity contribution in [3.8, 4) is 0 Å². The predicted molar refractivity (Wildman–Crippen MR) is 74.8 cm³/mol. The first-order valence-corrected chi connectivity index (χ1v) is 6.30. The highest BCUT2D eigenvalue weighted by Gasteiger charge is 2.27. The van der Waals surface area contributed by atoms with Crippen LogP contribution in [0, 0.1) is 11.6 Å². The lowest BCUT2D eigenvalue weighted by atomic mass is 10.0. The van der Waals surface area contributed by atoms with Crippen molar-refractivity contribution in [1.82, 2.24) is 0 Å². The summed E-state index contributed by atoms with van der Waals surface area (Å²) < 4.78 is 32.5. The number of esters is 1. The van der Waals surface area contributed by atoms with E-state index in [1.165, 1.54) is 12.1 Å². The van der Waals surface area contributed by atoms with Crippen LogP contribution in [0.25, 0.3) is 11.6 Å². The number of ether oxygens (including phenoxy) is 1. The minimum absolute atomic E-state index is 0.118. The third kappa shape index (κ3) is 2.60. The standard InChI is InChI=1S/C17H10F2O2/c18-14-7-4-8-15(19)16(14)13-10-12(21-17(13)20)9-11-5-2-1-3-6-11/h1-10H. The van der Waals surface area contributed by atoms with E-state index in [0.29, 0.717) is 0 Å². The summed E-state index contributed by atoms with van der Waals surface area (Å²) in [6, 6.07) is 12.6. The van der Waals surface area contributed by atoms with Gasteiger partial charge in [-0.25, -0.2) is 13.6 Å². The highest BCUT2D eigenvalue weighted by molar-refractivity contribution is 6.20. The second-order valence-electron chi connectivity index (χ2n) is 4.50. The molecule has 2 aromatic carbocycles. The van der Waals surface area contributed by atoms with Crippen LogP contribution >= 0.6 is 0 Å². The molecule has 21 heavy (non-hydrogen) atoms. The molecule has 0 atom stereocenters. The van der Waals surface area contributed by atoms with Crippen molar-refractivity contribution >= 4 is 17.6 Å². The second kappa shape index (κ2) is 5.32. The fraction of sp³-hybridized carbons (Fsp3) is 0. The zero-order valence-corrected chi connectivity index (χ0v) is 10.8. The van der Waals surface area contributed by atoms with Gasteiger partial charge >= 0.3 is 5.97 Å². The van der Waals surface area contributed by atoms with E-state index in [2.05, 4.69) is 0 Å². The van der Waals surface area contributed by atoms with E-state index in [1.807, 2.05) is 30.3 Å². The van der Waals surface area contributed by atoms with Crippen molar-refractivity contribution in [2.45, 2.75) is 0 Å². The predicted octanol–water partition coefficient (Wildman–Crippen LogP) is 3.95. The molecule has 0 N–H and O–H groups in total. The van der Waals surface area contributed by atoms with Crippen molar-refractivity contribution in [3.05, 3.63) is 83.1 Å². The average Bonchev–Trinajstić information content (AvgIpc) is 2.80. The summed E-state index contributed by atoms with van der Waals surface area (Å²) in [5.74, 6) is -2.09. The van der Waals surface area contributed by atoms with Gasteiger partial charge in [-0.05, 0) is 29.8 Å². The number of halogens is 2. The van der Waals surface area contributed by atoms with Gasteiger partial charge in [0.2, 0.25) is 0 Å². The maximum Gasteiger partial charge on any atom is 0.344 e. The van der Waals surface area contributed by atoms with Crippen LogP contribution in [-0.2, 0) is 9.53 Å². The smallest absolute Gasteiger partial charge is 0.344 e. The molecule has 0 radical (unpaired) electrons. The Morgan fingerprint density at radius 1 is 0.905 bits per heavy atom. The summed E-state index contributed by atoms with van der Waals surface area (Å²) in [5, 5.41) is 0. The van der Waals surface area contributed by atoms with Gasteiger partial charge in [-0.15, -0.1) is 0 Å². The monoisotopic (exact) mass is 284 g/mol. The summed E-state index contributed by atoms with van der Waals surface area (Å²) >= 11 is 0. The van der Waals surface area contributed by atoms with Crippen LogP contribution < -0.4 is 0 Å². The number of benzene rings is 2. The van der Waals surface area contributed by atoms with Gasteiger partial charge < -0.3 is 4.74 Å². The summed E-state index contributed by atoms with van der Waals surface area (Å²) in [7, 11) is 0. The quantitative estimate of drug-likeness (QED) is 0.781. The maximum absolute atomic E-state index is 13.7. The van der Waals surface area contributed by atoms with Gasteiger partial charge in [-0.2, -0.15) is 0 Å². The first kappa shape index (κ1) is 13.2. The van der Waals surface area contributed by atoms with Crippen LogP contribution in [0.4, 0.5) is 8.78 Å². The first-order chi connectivity index (χ1) is 10.1. The molecule has 0 spiro atoms. The molecule has 4 heteroatoms. The van der Waals surface area contributed by atoms with Crippen LogP contribution in [0.15, 0.2) is 60.4 Å². The number of rotatable bonds is 2. The summed E-state index contributed by atoms with van der Waals surface area (Å²) in [4.78, 5) is 11.8. The van der Waals surface area contributed by atoms with Gasteiger partial charge in [0.25, 0.3) is 0 Å². The molecule has 0 amide bonds. The molecular weight excluding hydrogens is 274 g/mol. The molecule has 0 saturated carbocycles. The zero-order chi connectivity index (χ0) is 14.8. The van der Waals surface area contributed by atoms with E-state index in [4.69, 9.17) is 4.74 Å². The summed E-state index contributed by atoms with van der Waals surface area (Å²) in [5.41, 5.74) is 0.346. The van der Waals surface area contributed by atoms with Crippen molar-refractivity contribution in [3.63, 3.8) is 0 Å². The van der Waals surface area contributed by atoms with Gasteiger partial charge in [0.1, 0.15) is 17.4 Å². The van der Waals surface area contributed by atoms with Crippen molar-refractivity contribution in [1.29, 1.82) is 0 Å². The lowest BCUT2D eigenvalue weighted by Gasteiger charge is -2.02. The number of hydrogen-bond acceptors (Lipinski definition) is 2. The van der Waals surface area contributed by atoms with Crippen molar-refractivity contribution in [2.75, 3.05) is 0 Å². The molecule has 3 rings (SSSR count). The molecule has 2 nitrogen and oxygen atoms in total. The summed E-state index contributed by atoms with van der Waals surface area (Å²) in [6.07, 6.45) is 2.97. The second-order valence-corrected chi connectivity index (χ2v) is 4.50. The van der Waals surface area contributed by atoms with Crippen molar-refractivity contribution in [2.24, 2.45) is 0 Å². The SMILES string of the molecule is O=C1OC(=Cc2ccccc2)C=C1c1c(F)cccc1F. The third-order valence-corrected chi connectivity index (χ3v) is 3.06. The van der Waals surface area contributed by atoms with Crippen LogP contribution in [-0.4, -0.2) is 5.97 Å². The van der Waals surface area contributed by atoms with Gasteiger partial charge in [0, 0.05) is 0 Å². The molecule has 1 heterocycles. The van der Waals surface area contributed by atoms with E-state index < -0.39 is 17.6 Å². The number of carbonyl (C=O) groups is 1. The van der Waals surface area contributed by atoms with Crippen LogP contribution in [0.2, 0.25) is 0 Å². The van der Waals surface area contributed by atoms with Gasteiger partial charge in [0.05, 0.1) is 11.1 Å². The molecule has 0 aliphatic carbocycles. The Bertz CT molecular complexity index is 741. The fourth-order valence-corrected chi connectivity index (χ4v) is 2.11. The molecule has 0 fully saturated rings. The average molecular weight is 284 g/mol. The Labute approximate surface area is 120 Å². The Kier molecular flexibility index (Phi) is 3.36. The van der Waals surface area contributed by atoms with E-state index in [9.17, 15) is 13.6 Å². The fourth-order valence-electron chi connectivity index (χ4n) is 2.11. The molecular formula is C17H10F2O2. The Morgan fingerprint density at radius 2 is 1.57 bits per heavy atom. The minimum atomic E-state index is -0.792. The van der Waals surface area contributed by atoms with Crippen molar-refractivity contribution < 1.29 is 18.3 Å². The van der Waals surface area contributed by atoms with E-state index in [1.54, 1.807) is 6.08 Å². The summed E-state index contributed by atoms with van der Waals surface area (Å²) in [6.45, 7) is 0. The van der Waals surface area contributed by atoms with E-state index in [-0.39, 0.29) is 16.9 Å².